The van der Waals surface area contributed by atoms with Crippen LogP contribution in [0.3, 0.4) is 0 Å². The molecule has 8 heteroatoms. The van der Waals surface area contributed by atoms with Gasteiger partial charge in [0.1, 0.15) is 5.82 Å². The van der Waals surface area contributed by atoms with Crippen LogP contribution in [0.15, 0.2) is 53.7 Å². The number of para-hydroxylation sites is 3. The van der Waals surface area contributed by atoms with Gasteiger partial charge in [0, 0.05) is 18.5 Å². The van der Waals surface area contributed by atoms with Crippen molar-refractivity contribution in [3.8, 4) is 11.5 Å². The molecule has 7 nitrogen and oxygen atoms in total. The number of aromatic nitrogens is 3. The van der Waals surface area contributed by atoms with Crippen molar-refractivity contribution in [2.24, 2.45) is 7.05 Å². The lowest BCUT2D eigenvalue weighted by molar-refractivity contribution is -0.115. The van der Waals surface area contributed by atoms with Crippen molar-refractivity contribution >= 4 is 23.4 Å². The topological polar surface area (TPSA) is 78.3 Å². The van der Waals surface area contributed by atoms with Crippen LogP contribution in [0.25, 0.3) is 0 Å². The van der Waals surface area contributed by atoms with Crippen LogP contribution in [0.5, 0.6) is 11.5 Å². The fourth-order valence-electron chi connectivity index (χ4n) is 2.70. The predicted octanol–water partition coefficient (Wildman–Crippen LogP) is 3.48. The average Bonchev–Trinajstić information content (AvgIpc) is 3.06. The van der Waals surface area contributed by atoms with Crippen molar-refractivity contribution in [2.45, 2.75) is 18.5 Å². The molecule has 1 aromatic heterocycles. The second-order valence-corrected chi connectivity index (χ2v) is 7.41. The molecule has 1 amide bonds. The van der Waals surface area contributed by atoms with Crippen molar-refractivity contribution in [3.63, 3.8) is 0 Å². The number of thioether (sulfide) groups is 1. The van der Waals surface area contributed by atoms with Gasteiger partial charge in [0.25, 0.3) is 0 Å². The number of methoxy groups -OCH3 is 1. The first-order valence-corrected chi connectivity index (χ1v) is 10.2. The van der Waals surface area contributed by atoms with E-state index in [0.717, 1.165) is 16.4 Å². The molecular formula is C21H24N4O3S. The molecule has 0 aliphatic carbocycles. The highest BCUT2D eigenvalue weighted by Gasteiger charge is 2.14. The molecule has 2 aromatic carbocycles. The Morgan fingerprint density at radius 1 is 1.10 bits per heavy atom. The second kappa shape index (κ2) is 9.97. The summed E-state index contributed by atoms with van der Waals surface area (Å²) in [7, 11) is 3.48. The summed E-state index contributed by atoms with van der Waals surface area (Å²) < 4.78 is 12.9. The Morgan fingerprint density at radius 2 is 1.83 bits per heavy atom. The van der Waals surface area contributed by atoms with Gasteiger partial charge in [0.15, 0.2) is 16.7 Å². The lowest BCUT2D eigenvalue weighted by Gasteiger charge is -2.10. The predicted molar refractivity (Wildman–Crippen MR) is 114 cm³/mol. The fraction of sp³-hybridized carbons (Fsp3) is 0.286. The Bertz CT molecular complexity index is 974. The summed E-state index contributed by atoms with van der Waals surface area (Å²) in [6.07, 6.45) is 0.163. The summed E-state index contributed by atoms with van der Waals surface area (Å²) in [5.74, 6) is 2.61. The highest BCUT2D eigenvalue weighted by Crippen LogP contribution is 2.26. The zero-order valence-corrected chi connectivity index (χ0v) is 17.5. The third-order valence-electron chi connectivity index (χ3n) is 4.30. The first kappa shape index (κ1) is 20.7. The van der Waals surface area contributed by atoms with E-state index in [-0.39, 0.29) is 12.3 Å². The van der Waals surface area contributed by atoms with Gasteiger partial charge in [-0.3, -0.25) is 4.79 Å². The van der Waals surface area contributed by atoms with Crippen LogP contribution in [-0.4, -0.2) is 40.1 Å². The number of hydrogen-bond donors (Lipinski definition) is 1. The van der Waals surface area contributed by atoms with E-state index in [1.807, 2.05) is 67.1 Å². The summed E-state index contributed by atoms with van der Waals surface area (Å²) in [5, 5.41) is 12.0. The van der Waals surface area contributed by atoms with Gasteiger partial charge in [-0.25, -0.2) is 0 Å². The van der Waals surface area contributed by atoms with Gasteiger partial charge in [0.2, 0.25) is 5.91 Å². The highest BCUT2D eigenvalue weighted by atomic mass is 32.2. The number of carbonyl (C=O) groups is 1. The van der Waals surface area contributed by atoms with E-state index in [4.69, 9.17) is 9.47 Å². The number of hydrogen-bond acceptors (Lipinski definition) is 6. The molecule has 0 fully saturated rings. The van der Waals surface area contributed by atoms with Crippen LogP contribution in [0, 0.1) is 6.92 Å². The zero-order valence-electron chi connectivity index (χ0n) is 16.7. The molecule has 3 aromatic rings. The molecule has 1 heterocycles. The fourth-order valence-corrected chi connectivity index (χ4v) is 3.45. The first-order valence-electron chi connectivity index (χ1n) is 9.21. The number of anilines is 1. The van der Waals surface area contributed by atoms with E-state index in [0.29, 0.717) is 29.7 Å². The van der Waals surface area contributed by atoms with E-state index in [9.17, 15) is 4.79 Å². The summed E-state index contributed by atoms with van der Waals surface area (Å²) in [4.78, 5) is 12.3. The van der Waals surface area contributed by atoms with Gasteiger partial charge >= 0.3 is 0 Å². The van der Waals surface area contributed by atoms with Crippen LogP contribution in [0.1, 0.15) is 11.4 Å². The van der Waals surface area contributed by atoms with Gasteiger partial charge in [-0.2, -0.15) is 0 Å². The Hall–Kier alpha value is -3.00. The molecule has 0 aliphatic rings. The van der Waals surface area contributed by atoms with E-state index >= 15 is 0 Å². The third-order valence-corrected chi connectivity index (χ3v) is 5.29. The number of ether oxygens (including phenoxy) is 2. The SMILES string of the molecule is COc1ccccc1OCCSc1nnc(CC(=O)Nc2ccccc2C)n1C. The van der Waals surface area contributed by atoms with E-state index < -0.39 is 0 Å². The number of aryl methyl sites for hydroxylation is 1. The number of nitrogens with zero attached hydrogens (tertiary/aromatic N) is 3. The monoisotopic (exact) mass is 412 g/mol. The first-order chi connectivity index (χ1) is 14.1. The molecule has 0 saturated carbocycles. The number of amides is 1. The molecule has 29 heavy (non-hydrogen) atoms. The molecule has 0 saturated heterocycles. The lowest BCUT2D eigenvalue weighted by Crippen LogP contribution is -2.17. The second-order valence-electron chi connectivity index (χ2n) is 6.35. The highest BCUT2D eigenvalue weighted by molar-refractivity contribution is 7.99. The maximum absolute atomic E-state index is 12.3. The molecule has 0 bridgehead atoms. The van der Waals surface area contributed by atoms with Crippen LogP contribution in [0.2, 0.25) is 0 Å². The third kappa shape index (κ3) is 5.51. The largest absolute Gasteiger partial charge is 0.493 e. The normalized spacial score (nSPS) is 10.6. The molecular weight excluding hydrogens is 388 g/mol. The van der Waals surface area contributed by atoms with Crippen molar-refractivity contribution in [1.82, 2.24) is 14.8 Å². The summed E-state index contributed by atoms with van der Waals surface area (Å²) in [5.41, 5.74) is 1.83. The van der Waals surface area contributed by atoms with E-state index in [2.05, 4.69) is 15.5 Å². The lowest BCUT2D eigenvalue weighted by atomic mass is 10.2. The number of rotatable bonds is 9. The number of nitrogens with one attached hydrogen (secondary N) is 1. The maximum Gasteiger partial charge on any atom is 0.232 e. The van der Waals surface area contributed by atoms with E-state index in [1.54, 1.807) is 7.11 Å². The van der Waals surface area contributed by atoms with Crippen LogP contribution >= 0.6 is 11.8 Å². The van der Waals surface area contributed by atoms with Gasteiger partial charge < -0.3 is 19.4 Å². The maximum atomic E-state index is 12.3. The van der Waals surface area contributed by atoms with Gasteiger partial charge in [-0.1, -0.05) is 42.1 Å². The van der Waals surface area contributed by atoms with Crippen LogP contribution < -0.4 is 14.8 Å². The van der Waals surface area contributed by atoms with Crippen molar-refractivity contribution in [3.05, 3.63) is 59.9 Å². The van der Waals surface area contributed by atoms with E-state index in [1.165, 1.54) is 11.8 Å². The molecule has 0 radical (unpaired) electrons. The van der Waals surface area contributed by atoms with Crippen molar-refractivity contribution in [2.75, 3.05) is 24.8 Å². The van der Waals surface area contributed by atoms with Gasteiger partial charge in [-0.15, -0.1) is 10.2 Å². The molecule has 152 valence electrons. The van der Waals surface area contributed by atoms with Gasteiger partial charge in [-0.05, 0) is 30.7 Å². The smallest absolute Gasteiger partial charge is 0.232 e. The zero-order chi connectivity index (χ0) is 20.6. The molecule has 1 N–H and O–H groups in total. The Morgan fingerprint density at radius 3 is 2.59 bits per heavy atom. The Balaban J connectivity index is 1.50. The molecule has 0 atom stereocenters. The summed E-state index contributed by atoms with van der Waals surface area (Å²) in [6.45, 7) is 2.46. The molecule has 3 rings (SSSR count). The minimum absolute atomic E-state index is 0.120. The molecule has 0 aliphatic heterocycles. The molecule has 0 spiro atoms. The number of benzene rings is 2. The van der Waals surface area contributed by atoms with Crippen molar-refractivity contribution in [1.29, 1.82) is 0 Å². The van der Waals surface area contributed by atoms with Crippen LogP contribution in [0.4, 0.5) is 5.69 Å². The van der Waals surface area contributed by atoms with Crippen molar-refractivity contribution < 1.29 is 14.3 Å². The summed E-state index contributed by atoms with van der Waals surface area (Å²) in [6, 6.07) is 15.2. The quantitative estimate of drug-likeness (QED) is 0.428. The summed E-state index contributed by atoms with van der Waals surface area (Å²) >= 11 is 1.53. The minimum Gasteiger partial charge on any atom is -0.493 e. The molecule has 0 unspecified atom stereocenters. The van der Waals surface area contributed by atoms with Crippen LogP contribution in [-0.2, 0) is 18.3 Å². The Labute approximate surface area is 174 Å². The average molecular weight is 413 g/mol. The number of carbonyl (C=O) groups excluding carboxylic acids is 1. The van der Waals surface area contributed by atoms with Gasteiger partial charge in [0.05, 0.1) is 20.1 Å². The standard InChI is InChI=1S/C21H24N4O3S/c1-15-8-4-5-9-16(15)22-20(26)14-19-23-24-21(25(19)2)29-13-12-28-18-11-7-6-10-17(18)27-3/h4-11H,12-14H2,1-3H3,(H,22,26). The Kier molecular flexibility index (Phi) is 7.13. The minimum atomic E-state index is -0.120.